The first-order valence-electron chi connectivity index (χ1n) is 8.76. The third-order valence-corrected chi connectivity index (χ3v) is 4.40. The molecule has 7 nitrogen and oxygen atoms in total. The van der Waals surface area contributed by atoms with Crippen molar-refractivity contribution in [2.75, 3.05) is 12.4 Å². The summed E-state index contributed by atoms with van der Waals surface area (Å²) in [5.41, 5.74) is 4.76. The molecule has 7 heteroatoms. The number of fused-ring (bicyclic) bond motifs is 1. The molecular weight excluding hydrogens is 354 g/mol. The lowest BCUT2D eigenvalue weighted by atomic mass is 10.0. The second kappa shape index (κ2) is 7.11. The van der Waals surface area contributed by atoms with Gasteiger partial charge in [-0.25, -0.2) is 9.97 Å². The first-order valence-corrected chi connectivity index (χ1v) is 8.76. The van der Waals surface area contributed by atoms with Crippen LogP contribution in [0.15, 0.2) is 55.0 Å². The summed E-state index contributed by atoms with van der Waals surface area (Å²) in [7, 11) is 3.44. The molecule has 2 aromatic carbocycles. The van der Waals surface area contributed by atoms with E-state index in [1.165, 1.54) is 13.3 Å². The number of anilines is 1. The molecule has 0 atom stereocenters. The number of amides is 1. The third kappa shape index (κ3) is 3.18. The number of hydrogen-bond donors (Lipinski definition) is 1. The van der Waals surface area contributed by atoms with Gasteiger partial charge in [0.2, 0.25) is 5.91 Å². The Morgan fingerprint density at radius 1 is 1.11 bits per heavy atom. The largest absolute Gasteiger partial charge is 0.494 e. The van der Waals surface area contributed by atoms with E-state index in [9.17, 15) is 4.79 Å². The van der Waals surface area contributed by atoms with E-state index in [1.807, 2.05) is 49.6 Å². The molecular formula is C21H19N5O2. The molecule has 0 saturated heterocycles. The molecule has 1 N–H and O–H groups in total. The summed E-state index contributed by atoms with van der Waals surface area (Å²) in [5, 5.41) is 8.24. The quantitative estimate of drug-likeness (QED) is 0.590. The van der Waals surface area contributed by atoms with Gasteiger partial charge in [-0.15, -0.1) is 0 Å². The monoisotopic (exact) mass is 373 g/mol. The predicted octanol–water partition coefficient (Wildman–Crippen LogP) is 3.66. The number of aromatic nitrogens is 4. The van der Waals surface area contributed by atoms with E-state index < -0.39 is 0 Å². The van der Waals surface area contributed by atoms with Gasteiger partial charge in [0.05, 0.1) is 24.0 Å². The Kier molecular flexibility index (Phi) is 4.49. The molecule has 0 aliphatic carbocycles. The van der Waals surface area contributed by atoms with Crippen LogP contribution in [-0.4, -0.2) is 32.8 Å². The van der Waals surface area contributed by atoms with Crippen molar-refractivity contribution in [3.8, 4) is 28.3 Å². The van der Waals surface area contributed by atoms with Crippen LogP contribution in [0.1, 0.15) is 6.92 Å². The zero-order valence-corrected chi connectivity index (χ0v) is 15.8. The van der Waals surface area contributed by atoms with Crippen molar-refractivity contribution in [3.05, 3.63) is 55.0 Å². The van der Waals surface area contributed by atoms with Crippen molar-refractivity contribution in [3.63, 3.8) is 0 Å². The van der Waals surface area contributed by atoms with Gasteiger partial charge in [-0.3, -0.25) is 9.48 Å². The lowest BCUT2D eigenvalue weighted by Crippen LogP contribution is -2.07. The first-order chi connectivity index (χ1) is 13.6. The van der Waals surface area contributed by atoms with Crippen LogP contribution in [0.4, 0.5) is 5.69 Å². The van der Waals surface area contributed by atoms with Gasteiger partial charge in [0.1, 0.15) is 17.8 Å². The average Bonchev–Trinajstić information content (AvgIpc) is 3.08. The zero-order valence-electron chi connectivity index (χ0n) is 15.8. The lowest BCUT2D eigenvalue weighted by molar-refractivity contribution is -0.114. The Hall–Kier alpha value is -3.74. The maximum Gasteiger partial charge on any atom is 0.221 e. The second-order valence-electron chi connectivity index (χ2n) is 6.40. The fraction of sp³-hybridized carbons (Fsp3) is 0.143. The molecule has 4 aromatic rings. The van der Waals surface area contributed by atoms with E-state index in [-0.39, 0.29) is 5.91 Å². The minimum Gasteiger partial charge on any atom is -0.494 e. The van der Waals surface area contributed by atoms with E-state index in [0.717, 1.165) is 33.4 Å². The molecule has 4 rings (SSSR count). The summed E-state index contributed by atoms with van der Waals surface area (Å²) in [6.07, 6.45) is 3.46. The Labute approximate surface area is 162 Å². The molecule has 0 aliphatic heterocycles. The Bertz CT molecular complexity index is 1170. The highest BCUT2D eigenvalue weighted by molar-refractivity contribution is 6.01. The van der Waals surface area contributed by atoms with E-state index in [2.05, 4.69) is 20.4 Å². The minimum absolute atomic E-state index is 0.178. The van der Waals surface area contributed by atoms with Crippen molar-refractivity contribution in [2.45, 2.75) is 6.92 Å². The first kappa shape index (κ1) is 17.7. The van der Waals surface area contributed by atoms with Gasteiger partial charge in [-0.05, 0) is 6.07 Å². The van der Waals surface area contributed by atoms with Crippen LogP contribution in [0.3, 0.4) is 0 Å². The molecule has 0 aliphatic rings. The minimum atomic E-state index is -0.178. The summed E-state index contributed by atoms with van der Waals surface area (Å²) in [4.78, 5) is 20.5. The van der Waals surface area contributed by atoms with Crippen LogP contribution >= 0.6 is 0 Å². The number of rotatable bonds is 4. The van der Waals surface area contributed by atoms with Crippen molar-refractivity contribution in [1.82, 2.24) is 19.7 Å². The molecule has 0 unspecified atom stereocenters. The Morgan fingerprint density at radius 3 is 2.61 bits per heavy atom. The number of aryl methyl sites for hydroxylation is 1. The zero-order chi connectivity index (χ0) is 19.7. The van der Waals surface area contributed by atoms with Gasteiger partial charge < -0.3 is 10.1 Å². The smallest absolute Gasteiger partial charge is 0.221 e. The molecule has 0 fully saturated rings. The second-order valence-corrected chi connectivity index (χ2v) is 6.40. The summed E-state index contributed by atoms with van der Waals surface area (Å²) in [5.74, 6) is 0.365. The number of hydrogen-bond acceptors (Lipinski definition) is 5. The molecule has 0 bridgehead atoms. The maximum atomic E-state index is 11.6. The SMILES string of the molecule is COc1cc2ncnc(-c3cn(C)nc3-c3ccccc3)c2cc1NC(C)=O. The summed E-state index contributed by atoms with van der Waals surface area (Å²) in [6.45, 7) is 1.46. The molecule has 2 heterocycles. The van der Waals surface area contributed by atoms with Crippen LogP contribution in [0.5, 0.6) is 5.75 Å². The van der Waals surface area contributed by atoms with Gasteiger partial charge in [-0.2, -0.15) is 5.10 Å². The highest BCUT2D eigenvalue weighted by Crippen LogP contribution is 2.37. The molecule has 1 amide bonds. The number of ether oxygens (including phenoxy) is 1. The van der Waals surface area contributed by atoms with Crippen molar-refractivity contribution < 1.29 is 9.53 Å². The predicted molar refractivity (Wildman–Crippen MR) is 108 cm³/mol. The third-order valence-electron chi connectivity index (χ3n) is 4.40. The highest BCUT2D eigenvalue weighted by Gasteiger charge is 2.18. The molecule has 2 aromatic heterocycles. The van der Waals surface area contributed by atoms with Gasteiger partial charge >= 0.3 is 0 Å². The van der Waals surface area contributed by atoms with E-state index in [0.29, 0.717) is 11.4 Å². The molecule has 0 saturated carbocycles. The summed E-state index contributed by atoms with van der Waals surface area (Å²) in [6, 6.07) is 13.6. The number of benzene rings is 2. The number of nitrogens with zero attached hydrogens (tertiary/aromatic N) is 4. The summed E-state index contributed by atoms with van der Waals surface area (Å²) < 4.78 is 7.17. The number of nitrogens with one attached hydrogen (secondary N) is 1. The summed E-state index contributed by atoms with van der Waals surface area (Å²) >= 11 is 0. The van der Waals surface area contributed by atoms with Gasteiger partial charge in [0, 0.05) is 42.7 Å². The Balaban J connectivity index is 1.97. The fourth-order valence-corrected chi connectivity index (χ4v) is 3.23. The van der Waals surface area contributed by atoms with Gasteiger partial charge in [0.25, 0.3) is 0 Å². The standard InChI is InChI=1S/C21H19N5O2/c1-13(27)24-18-9-15-17(10-19(18)28-3)22-12-23-21(15)16-11-26(2)25-20(16)14-7-5-4-6-8-14/h4-12H,1-3H3,(H,24,27). The molecule has 140 valence electrons. The van der Waals surface area contributed by atoms with Gasteiger partial charge in [-0.1, -0.05) is 30.3 Å². The highest BCUT2D eigenvalue weighted by atomic mass is 16.5. The van der Waals surface area contributed by atoms with Crippen molar-refractivity contribution in [1.29, 1.82) is 0 Å². The maximum absolute atomic E-state index is 11.6. The number of carbonyl (C=O) groups is 1. The topological polar surface area (TPSA) is 81.9 Å². The van der Waals surface area contributed by atoms with Crippen LogP contribution in [-0.2, 0) is 11.8 Å². The van der Waals surface area contributed by atoms with E-state index >= 15 is 0 Å². The average molecular weight is 373 g/mol. The normalized spacial score (nSPS) is 10.8. The molecule has 0 radical (unpaired) electrons. The lowest BCUT2D eigenvalue weighted by Gasteiger charge is -2.12. The Morgan fingerprint density at radius 2 is 1.89 bits per heavy atom. The number of methoxy groups -OCH3 is 1. The van der Waals surface area contributed by atoms with E-state index in [1.54, 1.807) is 17.9 Å². The van der Waals surface area contributed by atoms with Crippen LogP contribution in [0, 0.1) is 0 Å². The fourth-order valence-electron chi connectivity index (χ4n) is 3.23. The van der Waals surface area contributed by atoms with Gasteiger partial charge in [0.15, 0.2) is 0 Å². The van der Waals surface area contributed by atoms with Crippen LogP contribution in [0.25, 0.3) is 33.4 Å². The number of carbonyl (C=O) groups excluding carboxylic acids is 1. The van der Waals surface area contributed by atoms with Crippen LogP contribution in [0.2, 0.25) is 0 Å². The molecule has 0 spiro atoms. The van der Waals surface area contributed by atoms with Crippen LogP contribution < -0.4 is 10.1 Å². The van der Waals surface area contributed by atoms with E-state index in [4.69, 9.17) is 4.74 Å². The van der Waals surface area contributed by atoms with Crippen molar-refractivity contribution >= 4 is 22.5 Å². The molecule has 28 heavy (non-hydrogen) atoms. The van der Waals surface area contributed by atoms with Crippen molar-refractivity contribution in [2.24, 2.45) is 7.05 Å².